The molecule has 0 saturated carbocycles. The Kier molecular flexibility index (Phi) is 10.6. The summed E-state index contributed by atoms with van der Waals surface area (Å²) in [7, 11) is 0. The molecular weight excluding hydrogens is 609 g/mol. The van der Waals surface area contributed by atoms with E-state index in [9.17, 15) is 24.3 Å². The van der Waals surface area contributed by atoms with Crippen molar-refractivity contribution in [3.63, 3.8) is 0 Å². The molecule has 11 heteroatoms. The largest absolute Gasteiger partial charge is 0.478 e. The van der Waals surface area contributed by atoms with Gasteiger partial charge in [-0.3, -0.25) is 14.4 Å². The Morgan fingerprint density at radius 1 is 0.837 bits per heavy atom. The number of aromatic carboxylic acids is 1. The molecule has 0 spiro atoms. The number of carbonyl (C=O) groups is 4. The van der Waals surface area contributed by atoms with Crippen LogP contribution in [0.1, 0.15) is 31.8 Å². The van der Waals surface area contributed by atoms with E-state index in [0.29, 0.717) is 32.4 Å². The van der Waals surface area contributed by atoms with E-state index in [1.165, 1.54) is 30.0 Å². The number of anilines is 2. The van der Waals surface area contributed by atoms with Gasteiger partial charge in [0.2, 0.25) is 5.91 Å². The molecular formula is C32H25Cl2N3O5S. The SMILES string of the molecule is Cc1ccc(C(=O)O)cc1NC(=O)CSc1cccc(NC(=O)/C(=C\c2cccc(Cl)c2Cl)NC(=O)c2ccccc2)c1. The van der Waals surface area contributed by atoms with Gasteiger partial charge in [0.05, 0.1) is 21.4 Å². The zero-order chi connectivity index (χ0) is 30.9. The van der Waals surface area contributed by atoms with E-state index in [1.807, 2.05) is 0 Å². The van der Waals surface area contributed by atoms with Gasteiger partial charge >= 0.3 is 5.97 Å². The lowest BCUT2D eigenvalue weighted by Gasteiger charge is -2.13. The van der Waals surface area contributed by atoms with Gasteiger partial charge in [-0.15, -0.1) is 11.8 Å². The summed E-state index contributed by atoms with van der Waals surface area (Å²) in [5, 5.41) is 17.9. The smallest absolute Gasteiger partial charge is 0.335 e. The molecule has 0 bridgehead atoms. The van der Waals surface area contributed by atoms with E-state index in [1.54, 1.807) is 85.8 Å². The van der Waals surface area contributed by atoms with Gasteiger partial charge in [0.15, 0.2) is 0 Å². The molecule has 0 unspecified atom stereocenters. The van der Waals surface area contributed by atoms with Gasteiger partial charge in [-0.05, 0) is 72.7 Å². The van der Waals surface area contributed by atoms with Crippen molar-refractivity contribution in [2.75, 3.05) is 16.4 Å². The molecule has 0 aliphatic rings. The number of benzene rings is 4. The van der Waals surface area contributed by atoms with Gasteiger partial charge in [-0.25, -0.2) is 4.79 Å². The van der Waals surface area contributed by atoms with E-state index < -0.39 is 17.8 Å². The van der Waals surface area contributed by atoms with Gasteiger partial charge in [0.1, 0.15) is 5.70 Å². The third-order valence-corrected chi connectivity index (χ3v) is 7.86. The standard InChI is InChI=1S/C32H25Cl2N3O5S/c1-19-13-14-22(32(41)42)16-26(19)36-28(38)18-43-24-11-6-10-23(17-24)35-31(40)27(15-21-9-5-12-25(33)29(21)34)37-30(39)20-7-3-2-4-8-20/h2-17H,18H2,1H3,(H,35,40)(H,36,38)(H,37,39)(H,41,42)/b27-15+. The first kappa shape index (κ1) is 31.4. The number of halogens is 2. The first-order valence-corrected chi connectivity index (χ1v) is 14.5. The molecule has 0 atom stereocenters. The van der Waals surface area contributed by atoms with E-state index in [4.69, 9.17) is 23.2 Å². The van der Waals surface area contributed by atoms with Crippen molar-refractivity contribution in [1.29, 1.82) is 0 Å². The summed E-state index contributed by atoms with van der Waals surface area (Å²) in [6.07, 6.45) is 1.44. The first-order valence-electron chi connectivity index (χ1n) is 12.8. The molecule has 218 valence electrons. The Labute approximate surface area is 262 Å². The van der Waals surface area contributed by atoms with Crippen molar-refractivity contribution in [2.45, 2.75) is 11.8 Å². The average Bonchev–Trinajstić information content (AvgIpc) is 2.99. The maximum Gasteiger partial charge on any atom is 0.335 e. The Bertz CT molecular complexity index is 1730. The van der Waals surface area contributed by atoms with Crippen molar-refractivity contribution in [3.05, 3.63) is 129 Å². The topological polar surface area (TPSA) is 125 Å². The van der Waals surface area contributed by atoms with Crippen LogP contribution in [0.3, 0.4) is 0 Å². The number of aryl methyl sites for hydroxylation is 1. The molecule has 43 heavy (non-hydrogen) atoms. The van der Waals surface area contributed by atoms with Crippen LogP contribution in [-0.4, -0.2) is 34.6 Å². The maximum atomic E-state index is 13.4. The second-order valence-electron chi connectivity index (χ2n) is 9.17. The lowest BCUT2D eigenvalue weighted by molar-refractivity contribution is -0.114. The Morgan fingerprint density at radius 3 is 2.33 bits per heavy atom. The van der Waals surface area contributed by atoms with Crippen molar-refractivity contribution in [1.82, 2.24) is 5.32 Å². The molecule has 0 fully saturated rings. The molecule has 0 radical (unpaired) electrons. The molecule has 4 aromatic carbocycles. The Balaban J connectivity index is 1.47. The molecule has 4 aromatic rings. The van der Waals surface area contributed by atoms with Crippen LogP contribution in [0.4, 0.5) is 11.4 Å². The number of amides is 3. The van der Waals surface area contributed by atoms with Crippen LogP contribution < -0.4 is 16.0 Å². The summed E-state index contributed by atoms with van der Waals surface area (Å²) in [6, 6.07) is 24.8. The van der Waals surface area contributed by atoms with Crippen LogP contribution in [0.25, 0.3) is 6.08 Å². The summed E-state index contributed by atoms with van der Waals surface area (Å²) in [5.41, 5.74) is 2.39. The molecule has 0 saturated heterocycles. The number of hydrogen-bond acceptors (Lipinski definition) is 5. The predicted molar refractivity (Wildman–Crippen MR) is 171 cm³/mol. The highest BCUT2D eigenvalue weighted by Crippen LogP contribution is 2.28. The third-order valence-electron chi connectivity index (χ3n) is 6.03. The molecule has 3 amide bonds. The van der Waals surface area contributed by atoms with E-state index >= 15 is 0 Å². The first-order chi connectivity index (χ1) is 20.6. The van der Waals surface area contributed by atoms with Gasteiger partial charge in [-0.1, -0.05) is 65.7 Å². The number of carboxylic acids is 1. The fourth-order valence-electron chi connectivity index (χ4n) is 3.82. The minimum absolute atomic E-state index is 0.0414. The van der Waals surface area contributed by atoms with Crippen LogP contribution in [0, 0.1) is 6.92 Å². The minimum Gasteiger partial charge on any atom is -0.478 e. The summed E-state index contributed by atoms with van der Waals surface area (Å²) < 4.78 is 0. The van der Waals surface area contributed by atoms with E-state index in [0.717, 1.165) is 5.56 Å². The fourth-order valence-corrected chi connectivity index (χ4v) is 4.93. The lowest BCUT2D eigenvalue weighted by atomic mass is 10.1. The van der Waals surface area contributed by atoms with Gasteiger partial charge in [-0.2, -0.15) is 0 Å². The molecule has 8 nitrogen and oxygen atoms in total. The van der Waals surface area contributed by atoms with Crippen LogP contribution in [0.15, 0.2) is 102 Å². The summed E-state index contributed by atoms with van der Waals surface area (Å²) in [4.78, 5) is 50.8. The number of rotatable bonds is 10. The zero-order valence-corrected chi connectivity index (χ0v) is 25.0. The number of carbonyl (C=O) groups excluding carboxylic acids is 3. The molecule has 0 aliphatic carbocycles. The van der Waals surface area contributed by atoms with Crippen molar-refractivity contribution in [3.8, 4) is 0 Å². The van der Waals surface area contributed by atoms with Crippen molar-refractivity contribution < 1.29 is 24.3 Å². The molecule has 0 heterocycles. The van der Waals surface area contributed by atoms with Gasteiger partial charge in [0.25, 0.3) is 11.8 Å². The monoisotopic (exact) mass is 633 g/mol. The van der Waals surface area contributed by atoms with Gasteiger partial charge < -0.3 is 21.1 Å². The highest BCUT2D eigenvalue weighted by molar-refractivity contribution is 8.00. The minimum atomic E-state index is -1.09. The quantitative estimate of drug-likeness (QED) is 0.109. The second kappa shape index (κ2) is 14.6. The average molecular weight is 635 g/mol. The predicted octanol–water partition coefficient (Wildman–Crippen LogP) is 7.14. The van der Waals surface area contributed by atoms with Crippen LogP contribution >= 0.6 is 35.0 Å². The summed E-state index contributed by atoms with van der Waals surface area (Å²) >= 11 is 13.7. The number of carboxylic acid groups (broad SMARTS) is 1. The Morgan fingerprint density at radius 2 is 1.58 bits per heavy atom. The van der Waals surface area contributed by atoms with Gasteiger partial charge in [0, 0.05) is 21.8 Å². The summed E-state index contributed by atoms with van der Waals surface area (Å²) in [5.74, 6) is -2.46. The highest BCUT2D eigenvalue weighted by Gasteiger charge is 2.17. The molecule has 0 aromatic heterocycles. The number of hydrogen-bond donors (Lipinski definition) is 4. The van der Waals surface area contributed by atoms with Crippen LogP contribution in [-0.2, 0) is 9.59 Å². The highest BCUT2D eigenvalue weighted by atomic mass is 35.5. The Hall–Kier alpha value is -4.57. The van der Waals surface area contributed by atoms with E-state index in [-0.39, 0.29) is 27.9 Å². The second-order valence-corrected chi connectivity index (χ2v) is 11.0. The molecule has 4 N–H and O–H groups in total. The lowest BCUT2D eigenvalue weighted by Crippen LogP contribution is -2.30. The summed E-state index contributed by atoms with van der Waals surface area (Å²) in [6.45, 7) is 1.77. The zero-order valence-electron chi connectivity index (χ0n) is 22.7. The van der Waals surface area contributed by atoms with Crippen LogP contribution in [0.5, 0.6) is 0 Å². The third kappa shape index (κ3) is 8.71. The number of thioether (sulfide) groups is 1. The number of nitrogens with one attached hydrogen (secondary N) is 3. The van der Waals surface area contributed by atoms with Crippen molar-refractivity contribution >= 4 is 76.1 Å². The maximum absolute atomic E-state index is 13.4. The molecule has 4 rings (SSSR count). The van der Waals surface area contributed by atoms with E-state index in [2.05, 4.69) is 16.0 Å². The van der Waals surface area contributed by atoms with Crippen molar-refractivity contribution in [2.24, 2.45) is 0 Å². The molecule has 0 aliphatic heterocycles. The normalized spacial score (nSPS) is 11.0. The fraction of sp³-hybridized carbons (Fsp3) is 0.0625. The van der Waals surface area contributed by atoms with Crippen LogP contribution in [0.2, 0.25) is 10.0 Å².